The first-order chi connectivity index (χ1) is 14.3. The molecule has 0 radical (unpaired) electrons. The third-order valence-corrected chi connectivity index (χ3v) is 5.86. The minimum Gasteiger partial charge on any atom is -0.478 e. The van der Waals surface area contributed by atoms with Crippen molar-refractivity contribution in [3.05, 3.63) is 60.2 Å². The van der Waals surface area contributed by atoms with Crippen molar-refractivity contribution in [3.63, 3.8) is 0 Å². The Morgan fingerprint density at radius 2 is 1.33 bits per heavy atom. The molecule has 5 nitrogen and oxygen atoms in total. The zero-order chi connectivity index (χ0) is 21.4. The molecule has 0 saturated carbocycles. The average molecular weight is 404 g/mol. The molecule has 0 bridgehead atoms. The molecular weight excluding hydrogens is 374 g/mol. The van der Waals surface area contributed by atoms with Gasteiger partial charge in [0.1, 0.15) is 0 Å². The normalized spacial score (nSPS) is 13.8. The van der Waals surface area contributed by atoms with Crippen LogP contribution in [0, 0.1) is 0 Å². The van der Waals surface area contributed by atoms with Crippen LogP contribution < -0.4 is 9.80 Å². The quantitative estimate of drug-likeness (QED) is 0.591. The van der Waals surface area contributed by atoms with E-state index in [0.29, 0.717) is 17.6 Å². The van der Waals surface area contributed by atoms with Crippen LogP contribution in [0.1, 0.15) is 38.1 Å². The minimum atomic E-state index is -0.909. The summed E-state index contributed by atoms with van der Waals surface area (Å²) >= 11 is 0. The van der Waals surface area contributed by atoms with Gasteiger partial charge in [0.15, 0.2) is 0 Å². The van der Waals surface area contributed by atoms with Gasteiger partial charge in [0, 0.05) is 42.1 Å². The lowest BCUT2D eigenvalue weighted by molar-refractivity contribution is 0.0697. The Morgan fingerprint density at radius 1 is 0.800 bits per heavy atom. The number of rotatable bonds is 5. The number of anilines is 2. The van der Waals surface area contributed by atoms with E-state index in [9.17, 15) is 4.79 Å². The van der Waals surface area contributed by atoms with E-state index < -0.39 is 5.97 Å². The molecule has 0 atom stereocenters. The molecule has 30 heavy (non-hydrogen) atoms. The van der Waals surface area contributed by atoms with Crippen LogP contribution in [0.4, 0.5) is 11.4 Å². The van der Waals surface area contributed by atoms with E-state index >= 15 is 0 Å². The number of aromatic carboxylic acids is 1. The van der Waals surface area contributed by atoms with Crippen LogP contribution >= 0.6 is 0 Å². The number of carboxylic acid groups (broad SMARTS) is 1. The summed E-state index contributed by atoms with van der Waals surface area (Å²) in [4.78, 5) is 19.5. The van der Waals surface area contributed by atoms with E-state index in [1.807, 2.05) is 18.2 Å². The van der Waals surface area contributed by atoms with E-state index in [0.717, 1.165) is 35.6 Å². The summed E-state index contributed by atoms with van der Waals surface area (Å²) in [5.41, 5.74) is 7.03. The van der Waals surface area contributed by atoms with Crippen LogP contribution in [0.2, 0.25) is 0 Å². The summed E-state index contributed by atoms with van der Waals surface area (Å²) in [6.07, 6.45) is 0. The van der Waals surface area contributed by atoms with Gasteiger partial charge in [-0.15, -0.1) is 0 Å². The van der Waals surface area contributed by atoms with Crippen LogP contribution in [0.5, 0.6) is 0 Å². The van der Waals surface area contributed by atoms with E-state index in [1.54, 1.807) is 12.1 Å². The standard InChI is InChI=1S/C25H29N3O2/c1-16(2)27-13-14-28(17(3)4)24-15-20(9-12-23(24)27)22-11-10-21(26-22)18-5-7-19(8-6-18)25(29)30/h5-12,15-17,26H,13-14H2,1-4H3,(H,29,30). The number of aromatic amines is 1. The first kappa shape index (κ1) is 20.1. The number of aromatic nitrogens is 1. The zero-order valence-electron chi connectivity index (χ0n) is 18.0. The van der Waals surface area contributed by atoms with Crippen molar-refractivity contribution in [2.24, 2.45) is 0 Å². The van der Waals surface area contributed by atoms with Gasteiger partial charge >= 0.3 is 5.97 Å². The SMILES string of the molecule is CC(C)N1CCN(C(C)C)c2cc(-c3ccc(-c4ccc(C(=O)O)cc4)[nH]3)ccc21. The van der Waals surface area contributed by atoms with Crippen molar-refractivity contribution in [2.45, 2.75) is 39.8 Å². The molecule has 1 aliphatic heterocycles. The number of hydrogen-bond acceptors (Lipinski definition) is 3. The zero-order valence-corrected chi connectivity index (χ0v) is 18.0. The van der Waals surface area contributed by atoms with Crippen molar-refractivity contribution in [1.29, 1.82) is 0 Å². The van der Waals surface area contributed by atoms with Gasteiger partial charge in [-0.2, -0.15) is 0 Å². The molecule has 0 saturated heterocycles. The van der Waals surface area contributed by atoms with E-state index in [-0.39, 0.29) is 0 Å². The lowest BCUT2D eigenvalue weighted by Crippen LogP contribution is -2.46. The van der Waals surface area contributed by atoms with E-state index in [4.69, 9.17) is 5.11 Å². The van der Waals surface area contributed by atoms with Gasteiger partial charge in [0.05, 0.1) is 16.9 Å². The van der Waals surface area contributed by atoms with Gasteiger partial charge in [-0.25, -0.2) is 4.79 Å². The number of carboxylic acids is 1. The number of carbonyl (C=O) groups is 1. The van der Waals surface area contributed by atoms with Crippen LogP contribution in [0.25, 0.3) is 22.5 Å². The first-order valence-corrected chi connectivity index (χ1v) is 10.6. The highest BCUT2D eigenvalue weighted by Gasteiger charge is 2.26. The molecule has 0 aliphatic carbocycles. The highest BCUT2D eigenvalue weighted by molar-refractivity contribution is 5.88. The van der Waals surface area contributed by atoms with Crippen molar-refractivity contribution < 1.29 is 9.90 Å². The lowest BCUT2D eigenvalue weighted by Gasteiger charge is -2.43. The molecule has 156 valence electrons. The third-order valence-electron chi connectivity index (χ3n) is 5.86. The van der Waals surface area contributed by atoms with Crippen molar-refractivity contribution >= 4 is 17.3 Å². The molecule has 0 unspecified atom stereocenters. The van der Waals surface area contributed by atoms with E-state index in [1.165, 1.54) is 11.4 Å². The fourth-order valence-corrected chi connectivity index (χ4v) is 4.22. The number of H-pyrrole nitrogens is 1. The number of benzene rings is 2. The van der Waals surface area contributed by atoms with Gasteiger partial charge in [-0.1, -0.05) is 18.2 Å². The molecule has 1 aliphatic rings. The Kier molecular flexibility index (Phi) is 5.29. The van der Waals surface area contributed by atoms with Crippen molar-refractivity contribution in [1.82, 2.24) is 4.98 Å². The molecular formula is C25H29N3O2. The molecule has 2 aromatic carbocycles. The molecule has 2 heterocycles. The highest BCUT2D eigenvalue weighted by Crippen LogP contribution is 2.38. The largest absolute Gasteiger partial charge is 0.478 e. The van der Waals surface area contributed by atoms with Gasteiger partial charge < -0.3 is 19.9 Å². The molecule has 5 heteroatoms. The number of nitrogens with zero attached hydrogens (tertiary/aromatic N) is 2. The second-order valence-electron chi connectivity index (χ2n) is 8.45. The van der Waals surface area contributed by atoms with Crippen molar-refractivity contribution in [3.8, 4) is 22.5 Å². The Bertz CT molecular complexity index is 1050. The Labute approximate surface area is 178 Å². The van der Waals surface area contributed by atoms with Crippen LogP contribution in [-0.4, -0.2) is 41.2 Å². The summed E-state index contributed by atoms with van der Waals surface area (Å²) in [6, 6.07) is 18.7. The minimum absolute atomic E-state index is 0.295. The van der Waals surface area contributed by atoms with Crippen LogP contribution in [0.3, 0.4) is 0 Å². The summed E-state index contributed by atoms with van der Waals surface area (Å²) in [7, 11) is 0. The molecule has 0 fully saturated rings. The van der Waals surface area contributed by atoms with Gasteiger partial charge in [-0.05, 0) is 69.7 Å². The Morgan fingerprint density at radius 3 is 1.90 bits per heavy atom. The summed E-state index contributed by atoms with van der Waals surface area (Å²) in [5.74, 6) is -0.909. The second-order valence-corrected chi connectivity index (χ2v) is 8.45. The number of hydrogen-bond donors (Lipinski definition) is 2. The summed E-state index contributed by atoms with van der Waals surface area (Å²) in [6.45, 7) is 11.1. The predicted molar refractivity (Wildman–Crippen MR) is 124 cm³/mol. The molecule has 3 aromatic rings. The average Bonchev–Trinajstić information content (AvgIpc) is 3.22. The molecule has 4 rings (SSSR count). The molecule has 2 N–H and O–H groups in total. The lowest BCUT2D eigenvalue weighted by atomic mass is 10.0. The van der Waals surface area contributed by atoms with E-state index in [2.05, 4.69) is 66.7 Å². The second kappa shape index (κ2) is 7.90. The van der Waals surface area contributed by atoms with Crippen LogP contribution in [-0.2, 0) is 0 Å². The maximum absolute atomic E-state index is 11.1. The van der Waals surface area contributed by atoms with Crippen LogP contribution in [0.15, 0.2) is 54.6 Å². The first-order valence-electron chi connectivity index (χ1n) is 10.6. The highest BCUT2D eigenvalue weighted by atomic mass is 16.4. The van der Waals surface area contributed by atoms with Crippen molar-refractivity contribution in [2.75, 3.05) is 22.9 Å². The summed E-state index contributed by atoms with van der Waals surface area (Å²) in [5, 5.41) is 9.09. The molecule has 1 aromatic heterocycles. The monoisotopic (exact) mass is 403 g/mol. The third kappa shape index (κ3) is 3.67. The summed E-state index contributed by atoms with van der Waals surface area (Å²) < 4.78 is 0. The van der Waals surface area contributed by atoms with Gasteiger partial charge in [0.2, 0.25) is 0 Å². The molecule has 0 amide bonds. The smallest absolute Gasteiger partial charge is 0.335 e. The maximum Gasteiger partial charge on any atom is 0.335 e. The maximum atomic E-state index is 11.1. The fourth-order valence-electron chi connectivity index (χ4n) is 4.22. The van der Waals surface area contributed by atoms with Gasteiger partial charge in [-0.3, -0.25) is 0 Å². The Hall–Kier alpha value is -3.21. The Balaban J connectivity index is 1.68. The fraction of sp³-hybridized carbons (Fsp3) is 0.320. The number of fused-ring (bicyclic) bond motifs is 1. The topological polar surface area (TPSA) is 59.6 Å². The molecule has 0 spiro atoms. The van der Waals surface area contributed by atoms with Gasteiger partial charge in [0.25, 0.3) is 0 Å². The predicted octanol–water partition coefficient (Wildman–Crippen LogP) is 5.49. The number of nitrogens with one attached hydrogen (secondary N) is 1.